The summed E-state index contributed by atoms with van der Waals surface area (Å²) in [7, 11) is 3.83. The predicted octanol–water partition coefficient (Wildman–Crippen LogP) is 5.66. The lowest BCUT2D eigenvalue weighted by Gasteiger charge is -2.44. The van der Waals surface area contributed by atoms with Crippen LogP contribution in [0.4, 0.5) is 0 Å². The van der Waals surface area contributed by atoms with Crippen LogP contribution >= 0.6 is 0 Å². The fraction of sp³-hybridized carbons (Fsp3) is 0.667. The Bertz CT molecular complexity index is 1220. The Morgan fingerprint density at radius 2 is 1.78 bits per heavy atom. The van der Waals surface area contributed by atoms with E-state index in [0.717, 1.165) is 17.4 Å². The molecule has 3 rings (SSSR count). The third-order valence-electron chi connectivity index (χ3n) is 9.68. The fourth-order valence-corrected chi connectivity index (χ4v) is 6.80. The first kappa shape index (κ1) is 40.7. The second-order valence-corrected chi connectivity index (χ2v) is 14.1. The third kappa shape index (κ3) is 13.2. The summed E-state index contributed by atoms with van der Waals surface area (Å²) in [5, 5.41) is 11.2. The van der Waals surface area contributed by atoms with Gasteiger partial charge in [-0.2, -0.15) is 0 Å². The maximum absolute atomic E-state index is 13.4. The van der Waals surface area contributed by atoms with Gasteiger partial charge in [-0.15, -0.1) is 0 Å². The zero-order chi connectivity index (χ0) is 35.9. The van der Waals surface area contributed by atoms with Crippen molar-refractivity contribution in [2.45, 2.75) is 116 Å². The highest BCUT2D eigenvalue weighted by Gasteiger charge is 2.42. The number of carbonyl (C=O) groups is 3. The second kappa shape index (κ2) is 20.8. The lowest BCUT2D eigenvalue weighted by Crippen LogP contribution is -2.55. The molecule has 0 amide bonds. The summed E-state index contributed by atoms with van der Waals surface area (Å²) < 4.78 is 30.3. The number of ether oxygens (including phenoxy) is 5. The first-order valence-electron chi connectivity index (χ1n) is 17.8. The number of hydrogen-bond donors (Lipinski definition) is 1. The van der Waals surface area contributed by atoms with Gasteiger partial charge in [0.2, 0.25) is 0 Å². The zero-order valence-electron chi connectivity index (χ0n) is 30.5. The van der Waals surface area contributed by atoms with Crippen LogP contribution in [0.3, 0.4) is 0 Å². The predicted molar refractivity (Wildman–Crippen MR) is 187 cm³/mol. The van der Waals surface area contributed by atoms with Crippen molar-refractivity contribution in [1.82, 2.24) is 4.90 Å². The Balaban J connectivity index is 1.82. The molecule has 0 spiro atoms. The molecule has 0 bridgehead atoms. The van der Waals surface area contributed by atoms with Crippen molar-refractivity contribution in [3.8, 4) is 0 Å². The van der Waals surface area contributed by atoms with Gasteiger partial charge in [0.05, 0.1) is 25.4 Å². The van der Waals surface area contributed by atoms with Gasteiger partial charge < -0.3 is 38.5 Å². The third-order valence-corrected chi connectivity index (χ3v) is 9.68. The van der Waals surface area contributed by atoms with E-state index < -0.39 is 24.6 Å². The molecule has 2 aliphatic heterocycles. The van der Waals surface area contributed by atoms with Crippen LogP contribution in [0.5, 0.6) is 0 Å². The molecule has 1 fully saturated rings. The number of aliphatic hydroxyl groups is 1. The SMILES string of the molecule is CC[C@H]1OC(=O)CC[C@H](C)[C@@H](OC2OC(C)CC(N(C)C)C2O)[C@@H](CC=O)C[C@@H](C)C(=O)/C=C/C(C)=C/[C@@H]1COCOCc1ccccc1. The lowest BCUT2D eigenvalue weighted by atomic mass is 9.80. The molecule has 0 saturated carbocycles. The second-order valence-electron chi connectivity index (χ2n) is 14.1. The number of allylic oxidation sites excluding steroid dienone is 3. The fourth-order valence-electron chi connectivity index (χ4n) is 6.80. The highest BCUT2D eigenvalue weighted by molar-refractivity contribution is 5.91. The smallest absolute Gasteiger partial charge is 0.306 e. The Morgan fingerprint density at radius 1 is 1.04 bits per heavy atom. The van der Waals surface area contributed by atoms with Crippen LogP contribution in [-0.4, -0.2) is 92.3 Å². The minimum absolute atomic E-state index is 0.0574. The number of rotatable bonds is 12. The summed E-state index contributed by atoms with van der Waals surface area (Å²) in [6, 6.07) is 9.67. The van der Waals surface area contributed by atoms with E-state index in [1.165, 1.54) is 0 Å². The molecule has 0 aliphatic carbocycles. The standard InChI is InChI=1S/C39H59NO9/c1-8-35-32(24-46-25-45-23-30-12-10-9-11-13-30)20-26(2)14-16-34(42)28(4)21-31(18-19-41)38(27(3)15-17-36(43)48-35)49-39-37(44)33(40(6)7)22-29(5)47-39/h9-14,16,19-20,27-29,31-33,35,37-39,44H,8,15,17-18,21-25H2,1-7H3/b16-14+,26-20+/t27-,28+,29?,31-,32+,33?,35+,37?,38+,39?/m0/s1. The van der Waals surface area contributed by atoms with Crippen molar-refractivity contribution >= 4 is 18.0 Å². The van der Waals surface area contributed by atoms with Crippen LogP contribution in [0.2, 0.25) is 0 Å². The first-order chi connectivity index (χ1) is 23.4. The van der Waals surface area contributed by atoms with Crippen molar-refractivity contribution in [2.75, 3.05) is 27.5 Å². The number of esters is 1. The molecular formula is C39H59NO9. The number of cyclic esters (lactones) is 1. The molecule has 1 aromatic carbocycles. The maximum Gasteiger partial charge on any atom is 0.306 e. The number of nitrogens with zero attached hydrogens (tertiary/aromatic N) is 1. The molecular weight excluding hydrogens is 626 g/mol. The van der Waals surface area contributed by atoms with E-state index in [2.05, 4.69) is 0 Å². The summed E-state index contributed by atoms with van der Waals surface area (Å²) in [6.45, 7) is 10.4. The van der Waals surface area contributed by atoms with Crippen LogP contribution in [0.25, 0.3) is 0 Å². The van der Waals surface area contributed by atoms with Crippen LogP contribution < -0.4 is 0 Å². The molecule has 10 atom stereocenters. The Hall–Kier alpha value is -2.73. The van der Waals surface area contributed by atoms with Crippen molar-refractivity contribution < 1.29 is 43.2 Å². The lowest BCUT2D eigenvalue weighted by molar-refractivity contribution is -0.280. The van der Waals surface area contributed by atoms with E-state index in [4.69, 9.17) is 23.7 Å². The van der Waals surface area contributed by atoms with E-state index in [1.54, 1.807) is 12.2 Å². The number of benzene rings is 1. The maximum atomic E-state index is 13.4. The number of ketones is 1. The summed E-state index contributed by atoms with van der Waals surface area (Å²) >= 11 is 0. The van der Waals surface area contributed by atoms with Crippen LogP contribution in [0.15, 0.2) is 54.1 Å². The van der Waals surface area contributed by atoms with Gasteiger partial charge >= 0.3 is 5.97 Å². The summed E-state index contributed by atoms with van der Waals surface area (Å²) in [5.41, 5.74) is 1.89. The summed E-state index contributed by atoms with van der Waals surface area (Å²) in [4.78, 5) is 40.6. The van der Waals surface area contributed by atoms with Crippen LogP contribution in [0.1, 0.15) is 78.7 Å². The molecule has 274 valence electrons. The number of aliphatic hydroxyl groups excluding tert-OH is 1. The van der Waals surface area contributed by atoms with Crippen LogP contribution in [0, 0.1) is 23.7 Å². The molecule has 0 radical (unpaired) electrons. The van der Waals surface area contributed by atoms with Crippen LogP contribution in [-0.2, 0) is 44.7 Å². The highest BCUT2D eigenvalue weighted by atomic mass is 16.7. The van der Waals surface area contributed by atoms with Gasteiger partial charge in [-0.1, -0.05) is 68.8 Å². The van der Waals surface area contributed by atoms with Gasteiger partial charge in [-0.05, 0) is 77.1 Å². The van der Waals surface area contributed by atoms with E-state index in [-0.39, 0.29) is 73.8 Å². The largest absolute Gasteiger partial charge is 0.462 e. The molecule has 10 nitrogen and oxygen atoms in total. The number of aldehydes is 1. The van der Waals surface area contributed by atoms with Gasteiger partial charge in [0.1, 0.15) is 25.3 Å². The average Bonchev–Trinajstić information content (AvgIpc) is 3.07. The van der Waals surface area contributed by atoms with E-state index in [0.29, 0.717) is 32.3 Å². The quantitative estimate of drug-likeness (QED) is 0.128. The van der Waals surface area contributed by atoms with Crippen molar-refractivity contribution in [3.63, 3.8) is 0 Å². The normalized spacial score (nSPS) is 34.2. The molecule has 2 heterocycles. The minimum Gasteiger partial charge on any atom is -0.462 e. The summed E-state index contributed by atoms with van der Waals surface area (Å²) in [6.07, 6.45) is 5.55. The molecule has 1 saturated heterocycles. The van der Waals surface area contributed by atoms with E-state index in [1.807, 2.05) is 90.0 Å². The Morgan fingerprint density at radius 3 is 2.45 bits per heavy atom. The molecule has 0 aromatic heterocycles. The Kier molecular flexibility index (Phi) is 17.3. The molecule has 4 unspecified atom stereocenters. The van der Waals surface area contributed by atoms with Gasteiger partial charge in [-0.3, -0.25) is 9.59 Å². The molecule has 1 N–H and O–H groups in total. The molecule has 10 heteroatoms. The van der Waals surface area contributed by atoms with Crippen molar-refractivity contribution in [3.05, 3.63) is 59.7 Å². The minimum atomic E-state index is -0.920. The van der Waals surface area contributed by atoms with Gasteiger partial charge in [0.15, 0.2) is 12.1 Å². The topological polar surface area (TPSA) is 121 Å². The molecule has 1 aromatic rings. The monoisotopic (exact) mass is 685 g/mol. The van der Waals surface area contributed by atoms with Gasteiger partial charge in [0.25, 0.3) is 0 Å². The average molecular weight is 686 g/mol. The van der Waals surface area contributed by atoms with Gasteiger partial charge in [-0.25, -0.2) is 0 Å². The molecule has 49 heavy (non-hydrogen) atoms. The zero-order valence-corrected chi connectivity index (χ0v) is 30.5. The highest BCUT2D eigenvalue weighted by Crippen LogP contribution is 2.34. The molecule has 2 aliphatic rings. The van der Waals surface area contributed by atoms with E-state index >= 15 is 0 Å². The van der Waals surface area contributed by atoms with Crippen molar-refractivity contribution in [2.24, 2.45) is 23.7 Å². The first-order valence-corrected chi connectivity index (χ1v) is 17.8. The number of hydrogen-bond acceptors (Lipinski definition) is 10. The van der Waals surface area contributed by atoms with E-state index in [9.17, 15) is 19.5 Å². The number of likely N-dealkylation sites (N-methyl/N-ethyl adjacent to an activating group) is 1. The number of carbonyl (C=O) groups excluding carboxylic acids is 3. The Labute approximate surface area is 293 Å². The summed E-state index contributed by atoms with van der Waals surface area (Å²) in [5.74, 6) is -1.58. The van der Waals surface area contributed by atoms with Crippen molar-refractivity contribution in [1.29, 1.82) is 0 Å². The van der Waals surface area contributed by atoms with Gasteiger partial charge in [0, 0.05) is 30.7 Å².